The largest absolute Gasteiger partial charge is 0.507 e. The van der Waals surface area contributed by atoms with Gasteiger partial charge in [-0.05, 0) is 5.39 Å². The van der Waals surface area contributed by atoms with Crippen LogP contribution in [0.4, 0.5) is 0 Å². The van der Waals surface area contributed by atoms with Gasteiger partial charge in [-0.2, -0.15) is 0 Å². The fourth-order valence-corrected chi connectivity index (χ4v) is 1.36. The van der Waals surface area contributed by atoms with Crippen molar-refractivity contribution in [1.82, 2.24) is 0 Å². The third-order valence-corrected chi connectivity index (χ3v) is 2.04. The van der Waals surface area contributed by atoms with Gasteiger partial charge in [0.15, 0.2) is 0 Å². The number of rotatable bonds is 0. The molecular formula is C11H8O2. The van der Waals surface area contributed by atoms with Gasteiger partial charge in [-0.3, -0.25) is 0 Å². The first-order chi connectivity index (χ1) is 6.20. The van der Waals surface area contributed by atoms with Gasteiger partial charge < -0.3 is 10.2 Å². The quantitative estimate of drug-likeness (QED) is 0.640. The van der Waals surface area contributed by atoms with Gasteiger partial charge in [-0.25, -0.2) is 0 Å². The highest BCUT2D eigenvalue weighted by Crippen LogP contribution is 2.33. The second kappa shape index (κ2) is 2.66. The van der Waals surface area contributed by atoms with E-state index >= 15 is 0 Å². The molecule has 0 atom stereocenters. The Morgan fingerprint density at radius 1 is 0.923 bits per heavy atom. The third-order valence-electron chi connectivity index (χ3n) is 2.04. The normalized spacial score (nSPS) is 10.5. The van der Waals surface area contributed by atoms with Crippen LogP contribution in [0.2, 0.25) is 0 Å². The zero-order valence-electron chi connectivity index (χ0n) is 6.86. The topological polar surface area (TPSA) is 40.5 Å². The molecule has 0 spiro atoms. The van der Waals surface area contributed by atoms with E-state index < -0.39 is 0 Å². The van der Waals surface area contributed by atoms with E-state index in [9.17, 15) is 10.2 Å². The van der Waals surface area contributed by atoms with Crippen molar-refractivity contribution in [3.63, 3.8) is 0 Å². The zero-order valence-corrected chi connectivity index (χ0v) is 6.86. The Labute approximate surface area is 76.1 Å². The molecule has 0 aliphatic heterocycles. The van der Waals surface area contributed by atoms with Crippen molar-refractivity contribution in [3.05, 3.63) is 42.8 Å². The number of benzene rings is 2. The molecular weight excluding hydrogens is 164 g/mol. The highest BCUT2D eigenvalue weighted by Gasteiger charge is 2.06. The van der Waals surface area contributed by atoms with E-state index in [0.717, 1.165) is 0 Å². The smallest absolute Gasteiger partial charge is 0.127 e. The molecule has 13 heavy (non-hydrogen) atoms. The molecule has 2 N–H and O–H groups in total. The summed E-state index contributed by atoms with van der Waals surface area (Å²) in [5.41, 5.74) is 0.299. The van der Waals surface area contributed by atoms with Crippen molar-refractivity contribution in [2.24, 2.45) is 0 Å². The Kier molecular flexibility index (Phi) is 1.62. The molecule has 0 aromatic heterocycles. The number of phenolic OH excluding ortho intramolecular Hbond substituents is 2. The minimum absolute atomic E-state index is 0.0438. The van der Waals surface area contributed by atoms with Crippen LogP contribution in [0, 0.1) is 6.92 Å². The second-order valence-electron chi connectivity index (χ2n) is 2.87. The maximum Gasteiger partial charge on any atom is 0.127 e. The van der Waals surface area contributed by atoms with Gasteiger partial charge in [-0.15, -0.1) is 0 Å². The lowest BCUT2D eigenvalue weighted by Crippen LogP contribution is -1.80. The summed E-state index contributed by atoms with van der Waals surface area (Å²) in [6.07, 6.45) is 0. The van der Waals surface area contributed by atoms with Crippen molar-refractivity contribution in [2.75, 3.05) is 0 Å². The van der Waals surface area contributed by atoms with Crippen molar-refractivity contribution in [2.45, 2.75) is 0 Å². The molecule has 2 aromatic rings. The molecule has 2 rings (SSSR count). The van der Waals surface area contributed by atoms with Gasteiger partial charge in [0.05, 0.1) is 0 Å². The maximum atomic E-state index is 9.46. The highest BCUT2D eigenvalue weighted by molar-refractivity contribution is 5.93. The van der Waals surface area contributed by atoms with Crippen LogP contribution in [-0.4, -0.2) is 10.2 Å². The van der Waals surface area contributed by atoms with Crippen molar-refractivity contribution >= 4 is 10.8 Å². The maximum absolute atomic E-state index is 9.46. The number of fused-ring (bicyclic) bond motifs is 1. The molecule has 2 radical (unpaired) electrons. The standard InChI is InChI=1S/C11H8O2/c1-7-8-4-2-3-5-9(8)11(13)6-10(7)12/h1-6,12-13H. The Morgan fingerprint density at radius 2 is 1.54 bits per heavy atom. The van der Waals surface area contributed by atoms with Crippen LogP contribution in [0.1, 0.15) is 5.56 Å². The van der Waals surface area contributed by atoms with Crippen LogP contribution >= 0.6 is 0 Å². The SMILES string of the molecule is [CH]c1c(O)cc(O)c2ccccc12. The summed E-state index contributed by atoms with van der Waals surface area (Å²) in [7, 11) is 0. The molecule has 0 heterocycles. The number of hydrogen-bond donors (Lipinski definition) is 2. The average Bonchev–Trinajstić information content (AvgIpc) is 2.15. The molecule has 0 fully saturated rings. The summed E-state index contributed by atoms with van der Waals surface area (Å²) in [6, 6.07) is 8.36. The van der Waals surface area contributed by atoms with E-state index in [4.69, 9.17) is 6.92 Å². The highest BCUT2D eigenvalue weighted by atomic mass is 16.3. The summed E-state index contributed by atoms with van der Waals surface area (Å²) < 4.78 is 0. The molecule has 2 heteroatoms. The molecule has 0 aliphatic rings. The van der Waals surface area contributed by atoms with Gasteiger partial charge in [0.2, 0.25) is 0 Å². The minimum atomic E-state index is -0.0869. The zero-order chi connectivity index (χ0) is 9.42. The average molecular weight is 172 g/mol. The van der Waals surface area contributed by atoms with Crippen molar-refractivity contribution in [3.8, 4) is 11.5 Å². The molecule has 2 nitrogen and oxygen atoms in total. The van der Waals surface area contributed by atoms with Crippen LogP contribution in [0.15, 0.2) is 30.3 Å². The Hall–Kier alpha value is -1.70. The molecule has 0 unspecified atom stereocenters. The molecule has 2 aromatic carbocycles. The first-order valence-corrected chi connectivity index (χ1v) is 3.89. The molecule has 0 aliphatic carbocycles. The summed E-state index contributed by atoms with van der Waals surface area (Å²) in [4.78, 5) is 0. The number of hydrogen-bond acceptors (Lipinski definition) is 2. The van der Waals surface area contributed by atoms with Crippen molar-refractivity contribution < 1.29 is 10.2 Å². The predicted molar refractivity (Wildman–Crippen MR) is 50.7 cm³/mol. The molecule has 64 valence electrons. The third kappa shape index (κ3) is 1.11. The lowest BCUT2D eigenvalue weighted by molar-refractivity contribution is 0.453. The summed E-state index contributed by atoms with van der Waals surface area (Å²) >= 11 is 0. The second-order valence-corrected chi connectivity index (χ2v) is 2.87. The van der Waals surface area contributed by atoms with Gasteiger partial charge in [-0.1, -0.05) is 24.3 Å². The van der Waals surface area contributed by atoms with Crippen molar-refractivity contribution in [1.29, 1.82) is 0 Å². The van der Waals surface area contributed by atoms with E-state index in [1.807, 2.05) is 0 Å². The lowest BCUT2D eigenvalue weighted by Gasteiger charge is -2.05. The van der Waals surface area contributed by atoms with Gasteiger partial charge in [0, 0.05) is 23.9 Å². The Bertz CT molecular complexity index is 461. The van der Waals surface area contributed by atoms with Crippen LogP contribution in [0.25, 0.3) is 10.8 Å². The van der Waals surface area contributed by atoms with Crippen LogP contribution in [-0.2, 0) is 0 Å². The lowest BCUT2D eigenvalue weighted by atomic mass is 10.0. The van der Waals surface area contributed by atoms with E-state index in [1.54, 1.807) is 24.3 Å². The van der Waals surface area contributed by atoms with Crippen LogP contribution in [0.3, 0.4) is 0 Å². The number of aromatic hydroxyl groups is 2. The Balaban J connectivity index is 2.97. The molecule has 0 saturated carbocycles. The summed E-state index contributed by atoms with van der Waals surface area (Å²) in [5.74, 6) is -0.0431. The first-order valence-electron chi connectivity index (χ1n) is 3.89. The molecule has 0 bridgehead atoms. The Morgan fingerprint density at radius 3 is 2.23 bits per heavy atom. The molecule has 0 amide bonds. The summed E-state index contributed by atoms with van der Waals surface area (Å²) in [5, 5.41) is 20.1. The van der Waals surface area contributed by atoms with Gasteiger partial charge in [0.1, 0.15) is 11.5 Å². The van der Waals surface area contributed by atoms with E-state index in [1.165, 1.54) is 6.07 Å². The monoisotopic (exact) mass is 172 g/mol. The van der Waals surface area contributed by atoms with E-state index in [0.29, 0.717) is 16.3 Å². The van der Waals surface area contributed by atoms with Crippen LogP contribution < -0.4 is 0 Å². The number of phenols is 2. The summed E-state index contributed by atoms with van der Waals surface area (Å²) in [6.45, 7) is 5.63. The van der Waals surface area contributed by atoms with E-state index in [-0.39, 0.29) is 11.5 Å². The van der Waals surface area contributed by atoms with Crippen LogP contribution in [0.5, 0.6) is 11.5 Å². The fraction of sp³-hybridized carbons (Fsp3) is 0. The van der Waals surface area contributed by atoms with Gasteiger partial charge >= 0.3 is 0 Å². The first kappa shape index (κ1) is 7.92. The molecule has 0 saturated heterocycles. The predicted octanol–water partition coefficient (Wildman–Crippen LogP) is 2.31. The minimum Gasteiger partial charge on any atom is -0.507 e. The fourth-order valence-electron chi connectivity index (χ4n) is 1.36. The van der Waals surface area contributed by atoms with E-state index in [2.05, 4.69) is 0 Å². The van der Waals surface area contributed by atoms with Gasteiger partial charge in [0.25, 0.3) is 0 Å².